The molecule has 0 saturated heterocycles. The molecule has 0 saturated carbocycles. The Morgan fingerprint density at radius 2 is 1.62 bits per heavy atom. The van der Waals surface area contributed by atoms with E-state index in [4.69, 9.17) is 9.47 Å². The lowest BCUT2D eigenvalue weighted by molar-refractivity contribution is -0.0553. The first-order valence-electron chi connectivity index (χ1n) is 9.30. The van der Waals surface area contributed by atoms with Crippen LogP contribution in [0.25, 0.3) is 0 Å². The molecule has 166 valence electrons. The van der Waals surface area contributed by atoms with Crippen molar-refractivity contribution >= 4 is 16.1 Å². The van der Waals surface area contributed by atoms with Crippen LogP contribution in [0.5, 0.6) is 5.75 Å². The maximum absolute atomic E-state index is 12.3. The molecule has 0 bridgehead atoms. The number of unbranched alkanes of at least 4 members (excludes halogenated alkanes) is 3. The van der Waals surface area contributed by atoms with E-state index in [0.717, 1.165) is 25.7 Å². The molecule has 1 aromatic carbocycles. The number of rotatable bonds is 12. The summed E-state index contributed by atoms with van der Waals surface area (Å²) in [7, 11) is -5.63. The van der Waals surface area contributed by atoms with E-state index in [2.05, 4.69) is 11.1 Å². The third-order valence-corrected chi connectivity index (χ3v) is 4.99. The van der Waals surface area contributed by atoms with Crippen LogP contribution in [-0.2, 0) is 19.0 Å². The highest BCUT2D eigenvalue weighted by molar-refractivity contribution is 7.87. The molecular weight excluding hydrogens is 413 g/mol. The van der Waals surface area contributed by atoms with Gasteiger partial charge < -0.3 is 9.47 Å². The summed E-state index contributed by atoms with van der Waals surface area (Å²) in [5, 5.41) is 0. The van der Waals surface area contributed by atoms with Crippen LogP contribution in [0, 0.1) is 0 Å². The van der Waals surface area contributed by atoms with Crippen molar-refractivity contribution in [1.82, 2.24) is 0 Å². The summed E-state index contributed by atoms with van der Waals surface area (Å²) in [6, 6.07) is 6.10. The molecule has 0 heterocycles. The molecule has 0 aliphatic heterocycles. The first-order valence-corrected chi connectivity index (χ1v) is 10.7. The number of benzene rings is 1. The summed E-state index contributed by atoms with van der Waals surface area (Å²) >= 11 is 0. The molecule has 0 N–H and O–H groups in total. The van der Waals surface area contributed by atoms with Crippen molar-refractivity contribution in [3.8, 4) is 5.75 Å². The Morgan fingerprint density at radius 3 is 2.17 bits per heavy atom. The molecule has 29 heavy (non-hydrogen) atoms. The lowest BCUT2D eigenvalue weighted by Crippen LogP contribution is -2.32. The molecule has 0 amide bonds. The van der Waals surface area contributed by atoms with E-state index in [0.29, 0.717) is 17.9 Å². The Labute approximate surface area is 169 Å². The van der Waals surface area contributed by atoms with Crippen molar-refractivity contribution < 1.29 is 40.0 Å². The third kappa shape index (κ3) is 9.03. The van der Waals surface area contributed by atoms with Gasteiger partial charge in [0.1, 0.15) is 11.4 Å². The van der Waals surface area contributed by atoms with Crippen molar-refractivity contribution in [2.24, 2.45) is 0 Å². The van der Waals surface area contributed by atoms with Gasteiger partial charge in [-0.1, -0.05) is 26.2 Å². The molecule has 0 atom stereocenters. The molecule has 1 aromatic rings. The van der Waals surface area contributed by atoms with Crippen LogP contribution >= 0.6 is 0 Å². The minimum atomic E-state index is -5.63. The number of alkyl halides is 3. The van der Waals surface area contributed by atoms with Crippen LogP contribution in [0.3, 0.4) is 0 Å². The monoisotopic (exact) mass is 440 g/mol. The number of hydrogen-bond acceptors (Lipinski definition) is 6. The Hall–Kier alpha value is -1.81. The lowest BCUT2D eigenvalue weighted by Gasteiger charge is -2.26. The third-order valence-electron chi connectivity index (χ3n) is 3.94. The van der Waals surface area contributed by atoms with Gasteiger partial charge in [-0.3, -0.25) is 4.18 Å². The van der Waals surface area contributed by atoms with Gasteiger partial charge in [-0.25, -0.2) is 4.79 Å². The normalized spacial score (nSPS) is 12.6. The molecule has 6 nitrogen and oxygen atoms in total. The van der Waals surface area contributed by atoms with E-state index in [1.54, 1.807) is 13.8 Å². The van der Waals surface area contributed by atoms with Crippen molar-refractivity contribution in [2.75, 3.05) is 13.2 Å². The highest BCUT2D eigenvalue weighted by Gasteiger charge is 2.47. The standard InChI is InChI=1S/C19H27F3O6S/c1-4-5-6-7-13-26-17(23)15-8-10-16(11-9-15)28-18(2,3)12-14-27-29(24,25)19(20,21)22/h8-11H,4-7,12-14H2,1-3H3. The maximum Gasteiger partial charge on any atom is 0.523 e. The van der Waals surface area contributed by atoms with Gasteiger partial charge >= 0.3 is 21.6 Å². The maximum atomic E-state index is 12.3. The molecule has 0 unspecified atom stereocenters. The van der Waals surface area contributed by atoms with Crippen molar-refractivity contribution in [3.63, 3.8) is 0 Å². The van der Waals surface area contributed by atoms with Gasteiger partial charge in [0.2, 0.25) is 0 Å². The quantitative estimate of drug-likeness (QED) is 0.200. The van der Waals surface area contributed by atoms with Crippen molar-refractivity contribution in [3.05, 3.63) is 29.8 Å². The predicted molar refractivity (Wildman–Crippen MR) is 101 cm³/mol. The topological polar surface area (TPSA) is 78.9 Å². The second-order valence-electron chi connectivity index (χ2n) is 7.05. The molecule has 0 radical (unpaired) electrons. The fourth-order valence-electron chi connectivity index (χ4n) is 2.27. The van der Waals surface area contributed by atoms with Crippen molar-refractivity contribution in [1.29, 1.82) is 0 Å². The van der Waals surface area contributed by atoms with Crippen LogP contribution in [0.15, 0.2) is 24.3 Å². The SMILES string of the molecule is CCCCCCOC(=O)c1ccc(OC(C)(C)CCOS(=O)(=O)C(F)(F)F)cc1. The zero-order valence-electron chi connectivity index (χ0n) is 16.8. The van der Waals surface area contributed by atoms with E-state index < -0.39 is 33.8 Å². The van der Waals surface area contributed by atoms with Gasteiger partial charge in [0.25, 0.3) is 0 Å². The number of halogens is 3. The van der Waals surface area contributed by atoms with E-state index >= 15 is 0 Å². The van der Waals surface area contributed by atoms with E-state index in [1.165, 1.54) is 24.3 Å². The Balaban J connectivity index is 2.51. The molecule has 0 aromatic heterocycles. The van der Waals surface area contributed by atoms with Crippen LogP contribution < -0.4 is 4.74 Å². The predicted octanol–water partition coefficient (Wildman–Crippen LogP) is 4.84. The zero-order chi connectivity index (χ0) is 22.1. The molecule has 0 spiro atoms. The zero-order valence-corrected chi connectivity index (χ0v) is 17.6. The average molecular weight is 440 g/mol. The van der Waals surface area contributed by atoms with E-state index in [1.807, 2.05) is 0 Å². The summed E-state index contributed by atoms with van der Waals surface area (Å²) in [5.41, 5.74) is -6.11. The summed E-state index contributed by atoms with van der Waals surface area (Å²) in [6.07, 6.45) is 3.88. The first kappa shape index (κ1) is 25.2. The Kier molecular flexibility index (Phi) is 9.41. The number of hydrogen-bond donors (Lipinski definition) is 0. The molecule has 0 fully saturated rings. The molecule has 0 aliphatic carbocycles. The van der Waals surface area contributed by atoms with Crippen molar-refractivity contribution in [2.45, 2.75) is 64.0 Å². The second kappa shape index (κ2) is 10.8. The van der Waals surface area contributed by atoms with Gasteiger partial charge in [0, 0.05) is 6.42 Å². The summed E-state index contributed by atoms with van der Waals surface area (Å²) in [6.45, 7) is 4.92. The van der Waals surface area contributed by atoms with Crippen LogP contribution in [0.1, 0.15) is 63.2 Å². The first-order chi connectivity index (χ1) is 13.4. The number of carbonyl (C=O) groups is 1. The summed E-state index contributed by atoms with van der Waals surface area (Å²) < 4.78 is 73.4. The highest BCUT2D eigenvalue weighted by Crippen LogP contribution is 2.26. The van der Waals surface area contributed by atoms with Crippen LogP contribution in [-0.4, -0.2) is 38.7 Å². The van der Waals surface area contributed by atoms with Crippen LogP contribution in [0.2, 0.25) is 0 Å². The molecule has 10 heteroatoms. The summed E-state index contributed by atoms with van der Waals surface area (Å²) in [5.74, 6) is -0.0776. The van der Waals surface area contributed by atoms with Gasteiger partial charge in [0.05, 0.1) is 18.8 Å². The number of carbonyl (C=O) groups excluding carboxylic acids is 1. The molecular formula is C19H27F3O6S. The minimum absolute atomic E-state index is 0.107. The number of ether oxygens (including phenoxy) is 2. The second-order valence-corrected chi connectivity index (χ2v) is 8.66. The van der Waals surface area contributed by atoms with Gasteiger partial charge in [0.15, 0.2) is 0 Å². The highest BCUT2D eigenvalue weighted by atomic mass is 32.2. The largest absolute Gasteiger partial charge is 0.523 e. The number of esters is 1. The average Bonchev–Trinajstić information content (AvgIpc) is 2.60. The molecule has 0 aliphatic rings. The Bertz CT molecular complexity index is 742. The van der Waals surface area contributed by atoms with Gasteiger partial charge in [-0.15, -0.1) is 0 Å². The van der Waals surface area contributed by atoms with E-state index in [-0.39, 0.29) is 6.42 Å². The lowest BCUT2D eigenvalue weighted by atomic mass is 10.1. The smallest absolute Gasteiger partial charge is 0.488 e. The minimum Gasteiger partial charge on any atom is -0.488 e. The molecule has 1 rings (SSSR count). The Morgan fingerprint density at radius 1 is 1.00 bits per heavy atom. The summed E-state index contributed by atoms with van der Waals surface area (Å²) in [4.78, 5) is 12.0. The van der Waals surface area contributed by atoms with E-state index in [9.17, 15) is 26.4 Å². The fourth-order valence-corrected chi connectivity index (χ4v) is 2.71. The van der Waals surface area contributed by atoms with Gasteiger partial charge in [-0.2, -0.15) is 21.6 Å². The van der Waals surface area contributed by atoms with Gasteiger partial charge in [-0.05, 0) is 44.5 Å². The fraction of sp³-hybridized carbons (Fsp3) is 0.632. The van der Waals surface area contributed by atoms with Crippen LogP contribution in [0.4, 0.5) is 13.2 Å².